The molecule has 0 atom stereocenters. The monoisotopic (exact) mass is 355 g/mol. The molecule has 1 N–H and O–H groups in total. The third-order valence-corrected chi connectivity index (χ3v) is 3.52. The van der Waals surface area contributed by atoms with E-state index in [9.17, 15) is 14.4 Å². The van der Waals surface area contributed by atoms with Gasteiger partial charge in [0.2, 0.25) is 5.91 Å². The lowest BCUT2D eigenvalue weighted by atomic mass is 9.95. The Kier molecular flexibility index (Phi) is 5.77. The molecular weight excluding hydrogens is 334 g/mol. The van der Waals surface area contributed by atoms with E-state index in [-0.39, 0.29) is 5.91 Å². The Hall–Kier alpha value is -3.15. The maximum atomic E-state index is 12.3. The number of nitrogens with one attached hydrogen (secondary N) is 1. The van der Waals surface area contributed by atoms with Gasteiger partial charge < -0.3 is 14.8 Å². The molecule has 0 aliphatic carbocycles. The molecule has 2 aromatic rings. The van der Waals surface area contributed by atoms with E-state index in [0.29, 0.717) is 22.6 Å². The quantitative estimate of drug-likeness (QED) is 0.668. The second-order valence-electron chi connectivity index (χ2n) is 6.69. The summed E-state index contributed by atoms with van der Waals surface area (Å²) in [5.41, 5.74) is 0.631. The molecule has 6 heteroatoms. The minimum absolute atomic E-state index is 0.151. The van der Waals surface area contributed by atoms with Crippen LogP contribution >= 0.6 is 0 Å². The van der Waals surface area contributed by atoms with Crippen molar-refractivity contribution in [3.8, 4) is 5.75 Å². The van der Waals surface area contributed by atoms with Gasteiger partial charge in [0.25, 0.3) is 0 Å². The van der Waals surface area contributed by atoms with Crippen LogP contribution in [0.3, 0.4) is 0 Å². The molecule has 1 amide bonds. The molecule has 2 aromatic carbocycles. The van der Waals surface area contributed by atoms with Crippen molar-refractivity contribution < 1.29 is 23.9 Å². The molecule has 136 valence electrons. The van der Waals surface area contributed by atoms with Crippen LogP contribution < -0.4 is 10.1 Å². The number of anilines is 1. The van der Waals surface area contributed by atoms with Gasteiger partial charge in [0.15, 0.2) is 0 Å². The minimum atomic E-state index is -0.567. The van der Waals surface area contributed by atoms with Crippen LogP contribution in [0.25, 0.3) is 0 Å². The Morgan fingerprint density at radius 2 is 1.54 bits per heavy atom. The maximum absolute atomic E-state index is 12.3. The fourth-order valence-corrected chi connectivity index (χ4v) is 1.99. The van der Waals surface area contributed by atoms with Crippen LogP contribution in [0.4, 0.5) is 5.69 Å². The molecule has 0 bridgehead atoms. The first-order valence-corrected chi connectivity index (χ1v) is 8.03. The highest BCUT2D eigenvalue weighted by molar-refractivity contribution is 5.97. The molecule has 0 radical (unpaired) electrons. The normalized spacial score (nSPS) is 10.8. The zero-order valence-corrected chi connectivity index (χ0v) is 15.2. The van der Waals surface area contributed by atoms with Gasteiger partial charge in [-0.15, -0.1) is 0 Å². The summed E-state index contributed by atoms with van der Waals surface area (Å²) in [5.74, 6) is -0.888. The second-order valence-corrected chi connectivity index (χ2v) is 6.69. The summed E-state index contributed by atoms with van der Waals surface area (Å²) < 4.78 is 9.91. The van der Waals surface area contributed by atoms with Gasteiger partial charge >= 0.3 is 11.9 Å². The van der Waals surface area contributed by atoms with Gasteiger partial charge in [0.05, 0.1) is 18.2 Å². The molecule has 26 heavy (non-hydrogen) atoms. The number of amides is 1. The van der Waals surface area contributed by atoms with Gasteiger partial charge in [-0.3, -0.25) is 4.79 Å². The van der Waals surface area contributed by atoms with E-state index in [1.807, 2.05) is 0 Å². The summed E-state index contributed by atoms with van der Waals surface area (Å²) in [5, 5.41) is 2.77. The molecule has 6 nitrogen and oxygen atoms in total. The van der Waals surface area contributed by atoms with Gasteiger partial charge in [0.1, 0.15) is 5.75 Å². The predicted octanol–water partition coefficient (Wildman–Crippen LogP) is 3.68. The van der Waals surface area contributed by atoms with Crippen LogP contribution in [-0.4, -0.2) is 25.0 Å². The summed E-state index contributed by atoms with van der Waals surface area (Å²) in [4.78, 5) is 35.8. The van der Waals surface area contributed by atoms with Crippen LogP contribution in [-0.2, 0) is 9.53 Å². The lowest BCUT2D eigenvalue weighted by Crippen LogP contribution is -2.27. The first-order chi connectivity index (χ1) is 12.2. The maximum Gasteiger partial charge on any atom is 0.343 e. The van der Waals surface area contributed by atoms with E-state index < -0.39 is 17.4 Å². The molecule has 0 heterocycles. The van der Waals surface area contributed by atoms with Crippen LogP contribution in [0.1, 0.15) is 41.5 Å². The molecule has 0 aliphatic heterocycles. The highest BCUT2D eigenvalue weighted by Gasteiger charge is 2.21. The lowest BCUT2D eigenvalue weighted by molar-refractivity contribution is -0.123. The second kappa shape index (κ2) is 7.82. The number of carbonyl (C=O) groups is 3. The Labute approximate surface area is 152 Å². The van der Waals surface area contributed by atoms with Crippen LogP contribution in [0.2, 0.25) is 0 Å². The first kappa shape index (κ1) is 19.2. The van der Waals surface area contributed by atoms with Crippen LogP contribution in [0, 0.1) is 5.41 Å². The summed E-state index contributed by atoms with van der Waals surface area (Å²) in [7, 11) is 1.29. The van der Waals surface area contributed by atoms with Gasteiger partial charge in [-0.2, -0.15) is 0 Å². The van der Waals surface area contributed by atoms with E-state index in [1.165, 1.54) is 31.4 Å². The smallest absolute Gasteiger partial charge is 0.343 e. The average molecular weight is 355 g/mol. The Morgan fingerprint density at radius 3 is 2.12 bits per heavy atom. The average Bonchev–Trinajstić information content (AvgIpc) is 2.61. The standard InChI is InChI=1S/C20H21NO5/c1-20(2,3)19(24)21-15-7-5-6-14(12-15)18(23)26-16-10-8-13(9-11-16)17(22)25-4/h5-12H,1-4H3,(H,21,24). The van der Waals surface area contributed by atoms with Gasteiger partial charge in [0, 0.05) is 11.1 Å². The molecule has 2 rings (SSSR count). The third kappa shape index (κ3) is 4.92. The third-order valence-electron chi connectivity index (χ3n) is 3.52. The largest absolute Gasteiger partial charge is 0.465 e. The van der Waals surface area contributed by atoms with Crippen molar-refractivity contribution in [3.63, 3.8) is 0 Å². The number of carbonyl (C=O) groups excluding carboxylic acids is 3. The van der Waals surface area contributed by atoms with Crippen molar-refractivity contribution in [2.24, 2.45) is 5.41 Å². The van der Waals surface area contributed by atoms with Crippen molar-refractivity contribution in [2.75, 3.05) is 12.4 Å². The van der Waals surface area contributed by atoms with E-state index in [2.05, 4.69) is 10.1 Å². The molecule has 0 aliphatic rings. The van der Waals surface area contributed by atoms with Gasteiger partial charge in [-0.05, 0) is 42.5 Å². The summed E-state index contributed by atoms with van der Waals surface area (Å²) >= 11 is 0. The molecule has 0 saturated heterocycles. The van der Waals surface area contributed by atoms with Crippen LogP contribution in [0.15, 0.2) is 48.5 Å². The fraction of sp³-hybridized carbons (Fsp3) is 0.250. The number of methoxy groups -OCH3 is 1. The number of benzene rings is 2. The number of rotatable bonds is 4. The fourth-order valence-electron chi connectivity index (χ4n) is 1.99. The molecule has 0 unspecified atom stereocenters. The van der Waals surface area contributed by atoms with Crippen molar-refractivity contribution >= 4 is 23.5 Å². The Morgan fingerprint density at radius 1 is 0.885 bits per heavy atom. The summed E-state index contributed by atoms with van der Waals surface area (Å²) in [6.07, 6.45) is 0. The van der Waals surface area contributed by atoms with Crippen LogP contribution in [0.5, 0.6) is 5.75 Å². The number of hydrogen-bond acceptors (Lipinski definition) is 5. The molecule has 0 fully saturated rings. The zero-order valence-electron chi connectivity index (χ0n) is 15.2. The number of esters is 2. The highest BCUT2D eigenvalue weighted by atomic mass is 16.5. The number of hydrogen-bond donors (Lipinski definition) is 1. The predicted molar refractivity (Wildman–Crippen MR) is 97.3 cm³/mol. The first-order valence-electron chi connectivity index (χ1n) is 8.03. The van der Waals surface area contributed by atoms with E-state index >= 15 is 0 Å². The zero-order chi connectivity index (χ0) is 19.3. The lowest BCUT2D eigenvalue weighted by Gasteiger charge is -2.17. The van der Waals surface area contributed by atoms with Gasteiger partial charge in [-0.1, -0.05) is 26.8 Å². The molecule has 0 spiro atoms. The highest BCUT2D eigenvalue weighted by Crippen LogP contribution is 2.20. The summed E-state index contributed by atoms with van der Waals surface area (Å²) in [6, 6.07) is 12.5. The molecule has 0 saturated carbocycles. The van der Waals surface area contributed by atoms with Crippen molar-refractivity contribution in [1.29, 1.82) is 0 Å². The topological polar surface area (TPSA) is 81.7 Å². The SMILES string of the molecule is COC(=O)c1ccc(OC(=O)c2cccc(NC(=O)C(C)(C)C)c2)cc1. The molecular formula is C20H21NO5. The van der Waals surface area contributed by atoms with Crippen molar-refractivity contribution in [3.05, 3.63) is 59.7 Å². The summed E-state index contributed by atoms with van der Waals surface area (Å²) in [6.45, 7) is 5.41. The Bertz CT molecular complexity index is 819. The van der Waals surface area contributed by atoms with Gasteiger partial charge in [-0.25, -0.2) is 9.59 Å². The van der Waals surface area contributed by atoms with E-state index in [4.69, 9.17) is 4.74 Å². The molecule has 0 aromatic heterocycles. The Balaban J connectivity index is 2.09. The minimum Gasteiger partial charge on any atom is -0.465 e. The van der Waals surface area contributed by atoms with Crippen molar-refractivity contribution in [2.45, 2.75) is 20.8 Å². The van der Waals surface area contributed by atoms with E-state index in [0.717, 1.165) is 0 Å². The van der Waals surface area contributed by atoms with Crippen molar-refractivity contribution in [1.82, 2.24) is 0 Å². The number of ether oxygens (including phenoxy) is 2. The van der Waals surface area contributed by atoms with E-state index in [1.54, 1.807) is 45.0 Å².